The molecule has 0 saturated carbocycles. The summed E-state index contributed by atoms with van der Waals surface area (Å²) in [5.74, 6) is 1.56. The van der Waals surface area contributed by atoms with Crippen molar-refractivity contribution in [3.63, 3.8) is 0 Å². The molecule has 5 heteroatoms. The topological polar surface area (TPSA) is 59.6 Å². The monoisotopic (exact) mass is 354 g/mol. The van der Waals surface area contributed by atoms with Crippen molar-refractivity contribution >= 4 is 11.6 Å². The third-order valence-corrected chi connectivity index (χ3v) is 4.50. The average Bonchev–Trinajstić information content (AvgIpc) is 2.69. The van der Waals surface area contributed by atoms with E-state index in [9.17, 15) is 4.79 Å². The number of anilines is 1. The molecule has 2 aromatic carbocycles. The third kappa shape index (κ3) is 5.31. The molecule has 1 aliphatic rings. The van der Waals surface area contributed by atoms with Crippen LogP contribution in [0.25, 0.3) is 0 Å². The summed E-state index contributed by atoms with van der Waals surface area (Å²) < 4.78 is 10.9. The Morgan fingerprint density at radius 2 is 1.77 bits per heavy atom. The number of methoxy groups -OCH3 is 1. The Hall–Kier alpha value is -2.37. The van der Waals surface area contributed by atoms with Gasteiger partial charge >= 0.3 is 0 Å². The molecule has 26 heavy (non-hydrogen) atoms. The van der Waals surface area contributed by atoms with Gasteiger partial charge in [0.05, 0.1) is 12.6 Å². The van der Waals surface area contributed by atoms with Crippen LogP contribution in [-0.4, -0.2) is 32.2 Å². The fourth-order valence-electron chi connectivity index (χ4n) is 2.99. The van der Waals surface area contributed by atoms with Gasteiger partial charge < -0.3 is 20.1 Å². The molecule has 2 aromatic rings. The second kappa shape index (κ2) is 9.36. The van der Waals surface area contributed by atoms with Gasteiger partial charge in [-0.3, -0.25) is 4.79 Å². The van der Waals surface area contributed by atoms with Crippen LogP contribution >= 0.6 is 0 Å². The minimum Gasteiger partial charge on any atom is -0.457 e. The lowest BCUT2D eigenvalue weighted by atomic mass is 10.0. The first-order valence-electron chi connectivity index (χ1n) is 9.14. The lowest BCUT2D eigenvalue weighted by Crippen LogP contribution is -2.43. The van der Waals surface area contributed by atoms with E-state index < -0.39 is 0 Å². The zero-order chi connectivity index (χ0) is 18.2. The summed E-state index contributed by atoms with van der Waals surface area (Å²) in [5, 5.41) is 6.22. The highest BCUT2D eigenvalue weighted by Crippen LogP contribution is 2.23. The Morgan fingerprint density at radius 1 is 1.08 bits per heavy atom. The molecule has 1 saturated heterocycles. The van der Waals surface area contributed by atoms with Crippen molar-refractivity contribution in [2.24, 2.45) is 0 Å². The highest BCUT2D eigenvalue weighted by atomic mass is 16.5. The summed E-state index contributed by atoms with van der Waals surface area (Å²) in [6.07, 6.45) is 4.03. The first-order valence-corrected chi connectivity index (χ1v) is 9.14. The zero-order valence-corrected chi connectivity index (χ0v) is 15.2. The summed E-state index contributed by atoms with van der Waals surface area (Å²) in [6, 6.07) is 15.4. The molecule has 1 heterocycles. The van der Waals surface area contributed by atoms with Gasteiger partial charge in [0, 0.05) is 12.8 Å². The number of benzene rings is 2. The molecule has 1 aliphatic heterocycles. The molecule has 138 valence electrons. The van der Waals surface area contributed by atoms with Crippen LogP contribution in [0.3, 0.4) is 0 Å². The summed E-state index contributed by atoms with van der Waals surface area (Å²) in [7, 11) is 1.70. The van der Waals surface area contributed by atoms with Crippen LogP contribution < -0.4 is 15.4 Å². The number of carbonyl (C=O) groups is 1. The smallest absolute Gasteiger partial charge is 0.241 e. The predicted molar refractivity (Wildman–Crippen MR) is 103 cm³/mol. The fourth-order valence-corrected chi connectivity index (χ4v) is 2.99. The van der Waals surface area contributed by atoms with Gasteiger partial charge in [0.2, 0.25) is 5.91 Å². The summed E-state index contributed by atoms with van der Waals surface area (Å²) in [6.45, 7) is 1.62. The van der Waals surface area contributed by atoms with E-state index in [1.54, 1.807) is 7.11 Å². The first-order chi connectivity index (χ1) is 12.7. The summed E-state index contributed by atoms with van der Waals surface area (Å²) >= 11 is 0. The molecule has 1 atom stereocenters. The van der Waals surface area contributed by atoms with E-state index in [1.165, 1.54) is 5.56 Å². The predicted octanol–water partition coefficient (Wildman–Crippen LogP) is 3.75. The number of nitrogens with one attached hydrogen (secondary N) is 2. The SMILES string of the molecule is COCCc1ccc(Oc2ccc(NC(=O)C3CCCCN3)cc2)cc1. The Labute approximate surface area is 154 Å². The summed E-state index contributed by atoms with van der Waals surface area (Å²) in [4.78, 5) is 12.2. The molecule has 1 fully saturated rings. The highest BCUT2D eigenvalue weighted by Gasteiger charge is 2.20. The average molecular weight is 354 g/mol. The maximum atomic E-state index is 12.2. The van der Waals surface area contributed by atoms with Crippen molar-refractivity contribution in [3.8, 4) is 11.5 Å². The largest absolute Gasteiger partial charge is 0.457 e. The summed E-state index contributed by atoms with van der Waals surface area (Å²) in [5.41, 5.74) is 2.00. The van der Waals surface area contributed by atoms with Crippen molar-refractivity contribution in [2.45, 2.75) is 31.7 Å². The maximum Gasteiger partial charge on any atom is 0.241 e. The van der Waals surface area contributed by atoms with Gasteiger partial charge in [-0.05, 0) is 67.8 Å². The van der Waals surface area contributed by atoms with Crippen molar-refractivity contribution < 1.29 is 14.3 Å². The van der Waals surface area contributed by atoms with Crippen LogP contribution in [0, 0.1) is 0 Å². The van der Waals surface area contributed by atoms with Crippen LogP contribution in [0.5, 0.6) is 11.5 Å². The molecular formula is C21H26N2O3. The Kier molecular flexibility index (Phi) is 6.63. The molecule has 2 N–H and O–H groups in total. The molecule has 0 bridgehead atoms. The fraction of sp³-hybridized carbons (Fsp3) is 0.381. The van der Waals surface area contributed by atoms with Gasteiger partial charge in [0.25, 0.3) is 0 Å². The molecule has 0 spiro atoms. The number of amides is 1. The van der Waals surface area contributed by atoms with Crippen molar-refractivity contribution in [2.75, 3.05) is 25.6 Å². The highest BCUT2D eigenvalue weighted by molar-refractivity contribution is 5.94. The van der Waals surface area contributed by atoms with E-state index in [0.717, 1.165) is 49.4 Å². The normalized spacial score (nSPS) is 16.9. The van der Waals surface area contributed by atoms with Gasteiger partial charge in [0.15, 0.2) is 0 Å². The number of ether oxygens (including phenoxy) is 2. The van der Waals surface area contributed by atoms with Crippen LogP contribution in [-0.2, 0) is 16.0 Å². The second-order valence-electron chi connectivity index (χ2n) is 6.50. The van der Waals surface area contributed by atoms with Crippen molar-refractivity contribution in [3.05, 3.63) is 54.1 Å². The van der Waals surface area contributed by atoms with Gasteiger partial charge in [-0.15, -0.1) is 0 Å². The Bertz CT molecular complexity index is 692. The quantitative estimate of drug-likeness (QED) is 0.795. The lowest BCUT2D eigenvalue weighted by Gasteiger charge is -2.22. The first kappa shape index (κ1) is 18.4. The van der Waals surface area contributed by atoms with E-state index >= 15 is 0 Å². The van der Waals surface area contributed by atoms with Crippen LogP contribution in [0.1, 0.15) is 24.8 Å². The molecule has 5 nitrogen and oxygen atoms in total. The van der Waals surface area contributed by atoms with Crippen molar-refractivity contribution in [1.82, 2.24) is 5.32 Å². The third-order valence-electron chi connectivity index (χ3n) is 4.50. The molecule has 1 unspecified atom stereocenters. The minimum absolute atomic E-state index is 0.0324. The zero-order valence-electron chi connectivity index (χ0n) is 15.2. The number of hydrogen-bond acceptors (Lipinski definition) is 4. The van der Waals surface area contributed by atoms with E-state index in [2.05, 4.69) is 10.6 Å². The standard InChI is InChI=1S/C21H26N2O3/c1-25-15-13-16-5-9-18(10-6-16)26-19-11-7-17(8-12-19)23-21(24)20-4-2-3-14-22-20/h5-12,20,22H,2-4,13-15H2,1H3,(H,23,24). The van der Waals surface area contributed by atoms with Crippen LogP contribution in [0.2, 0.25) is 0 Å². The van der Waals surface area contributed by atoms with E-state index in [1.807, 2.05) is 48.5 Å². The van der Waals surface area contributed by atoms with Gasteiger partial charge in [-0.2, -0.15) is 0 Å². The molecule has 0 aliphatic carbocycles. The van der Waals surface area contributed by atoms with Crippen LogP contribution in [0.15, 0.2) is 48.5 Å². The van der Waals surface area contributed by atoms with E-state index in [0.29, 0.717) is 6.61 Å². The van der Waals surface area contributed by atoms with E-state index in [4.69, 9.17) is 9.47 Å². The molecule has 1 amide bonds. The number of rotatable bonds is 7. The van der Waals surface area contributed by atoms with E-state index in [-0.39, 0.29) is 11.9 Å². The molecular weight excluding hydrogens is 328 g/mol. The molecule has 0 aromatic heterocycles. The lowest BCUT2D eigenvalue weighted by molar-refractivity contribution is -0.118. The number of hydrogen-bond donors (Lipinski definition) is 2. The Morgan fingerprint density at radius 3 is 2.38 bits per heavy atom. The Balaban J connectivity index is 1.53. The minimum atomic E-state index is -0.0868. The molecule has 0 radical (unpaired) electrons. The van der Waals surface area contributed by atoms with Crippen LogP contribution in [0.4, 0.5) is 5.69 Å². The van der Waals surface area contributed by atoms with Crippen molar-refractivity contribution in [1.29, 1.82) is 0 Å². The second-order valence-corrected chi connectivity index (χ2v) is 6.50. The molecule has 3 rings (SSSR count). The van der Waals surface area contributed by atoms with Gasteiger partial charge in [0.1, 0.15) is 11.5 Å². The van der Waals surface area contributed by atoms with Gasteiger partial charge in [-0.1, -0.05) is 18.6 Å². The van der Waals surface area contributed by atoms with Gasteiger partial charge in [-0.25, -0.2) is 0 Å². The number of carbonyl (C=O) groups excluding carboxylic acids is 1. The maximum absolute atomic E-state index is 12.2. The number of piperidine rings is 1.